The Labute approximate surface area is 118 Å². The average Bonchev–Trinajstić information content (AvgIpc) is 2.46. The van der Waals surface area contributed by atoms with Gasteiger partial charge in [-0.15, -0.1) is 0 Å². The van der Waals surface area contributed by atoms with E-state index < -0.39 is 0 Å². The molecule has 0 saturated carbocycles. The molecule has 0 aliphatic heterocycles. The zero-order valence-corrected chi connectivity index (χ0v) is 11.7. The van der Waals surface area contributed by atoms with Crippen LogP contribution in [0.3, 0.4) is 0 Å². The van der Waals surface area contributed by atoms with E-state index in [9.17, 15) is 4.79 Å². The van der Waals surface area contributed by atoms with E-state index in [0.29, 0.717) is 13.0 Å². The Balaban J connectivity index is 2.27. The van der Waals surface area contributed by atoms with E-state index in [1.54, 1.807) is 7.11 Å². The molecule has 3 nitrogen and oxygen atoms in total. The Morgan fingerprint density at radius 3 is 2.80 bits per heavy atom. The van der Waals surface area contributed by atoms with Crippen LogP contribution < -0.4 is 10.1 Å². The molecule has 2 aromatic carbocycles. The van der Waals surface area contributed by atoms with Gasteiger partial charge in [-0.05, 0) is 11.5 Å². The zero-order valence-electron chi connectivity index (χ0n) is 11.7. The molecule has 20 heavy (non-hydrogen) atoms. The largest absolute Gasteiger partial charge is 0.495 e. The number of hydrogen-bond donors (Lipinski definition) is 1. The molecule has 1 N–H and O–H groups in total. The summed E-state index contributed by atoms with van der Waals surface area (Å²) in [4.78, 5) is 10.8. The van der Waals surface area contributed by atoms with Crippen LogP contribution in [0.15, 0.2) is 36.4 Å². The van der Waals surface area contributed by atoms with Gasteiger partial charge < -0.3 is 10.1 Å². The second-order valence-corrected chi connectivity index (χ2v) is 4.40. The van der Waals surface area contributed by atoms with Crippen molar-refractivity contribution in [2.75, 3.05) is 13.7 Å². The SMILES string of the molecule is COc1ccc2ccccc2c1C#CCCNC(C)=O. The summed E-state index contributed by atoms with van der Waals surface area (Å²) in [5, 5.41) is 4.95. The topological polar surface area (TPSA) is 38.3 Å². The molecule has 0 aromatic heterocycles. The monoisotopic (exact) mass is 267 g/mol. The summed E-state index contributed by atoms with van der Waals surface area (Å²) in [6, 6.07) is 12.0. The second-order valence-electron chi connectivity index (χ2n) is 4.40. The van der Waals surface area contributed by atoms with Gasteiger partial charge in [-0.3, -0.25) is 4.79 Å². The highest BCUT2D eigenvalue weighted by Gasteiger charge is 2.04. The smallest absolute Gasteiger partial charge is 0.216 e. The highest BCUT2D eigenvalue weighted by Crippen LogP contribution is 2.26. The summed E-state index contributed by atoms with van der Waals surface area (Å²) in [6.45, 7) is 2.07. The number of amides is 1. The number of benzene rings is 2. The van der Waals surface area contributed by atoms with Crippen LogP contribution in [0.25, 0.3) is 10.8 Å². The van der Waals surface area contributed by atoms with Crippen molar-refractivity contribution in [3.05, 3.63) is 42.0 Å². The van der Waals surface area contributed by atoms with Crippen LogP contribution in [0, 0.1) is 11.8 Å². The molecule has 1 amide bonds. The first-order valence-corrected chi connectivity index (χ1v) is 6.51. The van der Waals surface area contributed by atoms with Crippen LogP contribution in [-0.4, -0.2) is 19.6 Å². The summed E-state index contributed by atoms with van der Waals surface area (Å²) in [6.07, 6.45) is 0.617. The predicted molar refractivity (Wildman–Crippen MR) is 80.7 cm³/mol. The number of rotatable bonds is 3. The molecule has 3 heteroatoms. The third-order valence-corrected chi connectivity index (χ3v) is 2.95. The van der Waals surface area contributed by atoms with Gasteiger partial charge in [0.15, 0.2) is 0 Å². The van der Waals surface area contributed by atoms with Gasteiger partial charge in [0.2, 0.25) is 5.91 Å². The summed E-state index contributed by atoms with van der Waals surface area (Å²) < 4.78 is 5.38. The minimum atomic E-state index is -0.0328. The van der Waals surface area contributed by atoms with Gasteiger partial charge in [0.05, 0.1) is 12.7 Å². The van der Waals surface area contributed by atoms with E-state index in [1.165, 1.54) is 6.92 Å². The van der Waals surface area contributed by atoms with Crippen molar-refractivity contribution < 1.29 is 9.53 Å². The lowest BCUT2D eigenvalue weighted by molar-refractivity contribution is -0.118. The maximum absolute atomic E-state index is 10.8. The number of hydrogen-bond acceptors (Lipinski definition) is 2. The molecule has 0 unspecified atom stereocenters. The van der Waals surface area contributed by atoms with Crippen LogP contribution in [-0.2, 0) is 4.79 Å². The summed E-state index contributed by atoms with van der Waals surface area (Å²) in [7, 11) is 1.65. The average molecular weight is 267 g/mol. The second kappa shape index (κ2) is 6.63. The molecule has 0 fully saturated rings. The third kappa shape index (κ3) is 3.30. The van der Waals surface area contributed by atoms with Gasteiger partial charge >= 0.3 is 0 Å². The van der Waals surface area contributed by atoms with Crippen LogP contribution in [0.4, 0.5) is 0 Å². The van der Waals surface area contributed by atoms with Gasteiger partial charge in [-0.2, -0.15) is 0 Å². The quantitative estimate of drug-likeness (QED) is 0.686. The Morgan fingerprint density at radius 1 is 1.25 bits per heavy atom. The van der Waals surface area contributed by atoms with Crippen molar-refractivity contribution in [3.8, 4) is 17.6 Å². The van der Waals surface area contributed by atoms with E-state index in [4.69, 9.17) is 4.74 Å². The standard InChI is InChI=1S/C17H17NO2/c1-13(19)18-12-6-5-9-16-15-8-4-3-7-14(15)10-11-17(16)20-2/h3-4,7-8,10-11H,6,12H2,1-2H3,(H,18,19). The fraction of sp³-hybridized carbons (Fsp3) is 0.235. The maximum Gasteiger partial charge on any atom is 0.216 e. The summed E-state index contributed by atoms with van der Waals surface area (Å²) >= 11 is 0. The van der Waals surface area contributed by atoms with Crippen molar-refractivity contribution in [1.82, 2.24) is 5.32 Å². The van der Waals surface area contributed by atoms with Crippen molar-refractivity contribution in [1.29, 1.82) is 0 Å². The van der Waals surface area contributed by atoms with E-state index in [0.717, 1.165) is 22.1 Å². The minimum Gasteiger partial charge on any atom is -0.495 e. The number of carbonyl (C=O) groups excluding carboxylic acids is 1. The van der Waals surface area contributed by atoms with Crippen molar-refractivity contribution in [3.63, 3.8) is 0 Å². The molecule has 2 rings (SSSR count). The minimum absolute atomic E-state index is 0.0328. The molecule has 0 atom stereocenters. The van der Waals surface area contributed by atoms with Gasteiger partial charge in [-0.25, -0.2) is 0 Å². The first-order chi connectivity index (χ1) is 9.72. The van der Waals surface area contributed by atoms with Crippen molar-refractivity contribution in [2.24, 2.45) is 0 Å². The molecule has 0 aliphatic rings. The molecular weight excluding hydrogens is 250 g/mol. The van der Waals surface area contributed by atoms with Crippen LogP contribution in [0.5, 0.6) is 5.75 Å². The van der Waals surface area contributed by atoms with Crippen molar-refractivity contribution >= 4 is 16.7 Å². The first-order valence-electron chi connectivity index (χ1n) is 6.51. The zero-order chi connectivity index (χ0) is 14.4. The van der Waals surface area contributed by atoms with Crippen molar-refractivity contribution in [2.45, 2.75) is 13.3 Å². The van der Waals surface area contributed by atoms with E-state index in [-0.39, 0.29) is 5.91 Å². The fourth-order valence-electron chi connectivity index (χ4n) is 2.00. The summed E-state index contributed by atoms with van der Waals surface area (Å²) in [5.41, 5.74) is 0.897. The Bertz CT molecular complexity index is 680. The maximum atomic E-state index is 10.8. The van der Waals surface area contributed by atoms with E-state index >= 15 is 0 Å². The Kier molecular flexibility index (Phi) is 4.62. The lowest BCUT2D eigenvalue weighted by Crippen LogP contribution is -2.20. The molecule has 0 saturated heterocycles. The van der Waals surface area contributed by atoms with E-state index in [2.05, 4.69) is 23.2 Å². The number of fused-ring (bicyclic) bond motifs is 1. The number of methoxy groups -OCH3 is 1. The predicted octanol–water partition coefficient (Wildman–Crippen LogP) is 2.73. The number of nitrogens with one attached hydrogen (secondary N) is 1. The highest BCUT2D eigenvalue weighted by atomic mass is 16.5. The van der Waals surface area contributed by atoms with Gasteiger partial charge in [-0.1, -0.05) is 42.2 Å². The van der Waals surface area contributed by atoms with Gasteiger partial charge in [0.25, 0.3) is 0 Å². The molecular formula is C17H17NO2. The molecule has 0 radical (unpaired) electrons. The lowest BCUT2D eigenvalue weighted by atomic mass is 10.0. The Morgan fingerprint density at radius 2 is 2.05 bits per heavy atom. The van der Waals surface area contributed by atoms with Crippen LogP contribution >= 0.6 is 0 Å². The number of carbonyl (C=O) groups is 1. The first kappa shape index (κ1) is 14.0. The van der Waals surface area contributed by atoms with Gasteiger partial charge in [0, 0.05) is 25.3 Å². The fourth-order valence-corrected chi connectivity index (χ4v) is 2.00. The number of ether oxygens (including phenoxy) is 1. The highest BCUT2D eigenvalue weighted by molar-refractivity contribution is 5.90. The molecule has 0 heterocycles. The molecule has 0 spiro atoms. The van der Waals surface area contributed by atoms with Gasteiger partial charge in [0.1, 0.15) is 5.75 Å². The van der Waals surface area contributed by atoms with Crippen LogP contribution in [0.2, 0.25) is 0 Å². The molecule has 0 aliphatic carbocycles. The third-order valence-electron chi connectivity index (χ3n) is 2.95. The molecule has 102 valence electrons. The lowest BCUT2D eigenvalue weighted by Gasteiger charge is -2.07. The van der Waals surface area contributed by atoms with Crippen LogP contribution in [0.1, 0.15) is 18.9 Å². The summed E-state index contributed by atoms with van der Waals surface area (Å²) in [5.74, 6) is 6.97. The Hall–Kier alpha value is -2.47. The molecule has 2 aromatic rings. The van der Waals surface area contributed by atoms with E-state index in [1.807, 2.05) is 30.3 Å². The normalized spacial score (nSPS) is 9.70. The molecule has 0 bridgehead atoms.